The molecule has 0 amide bonds. The van der Waals surface area contributed by atoms with Crippen molar-refractivity contribution < 1.29 is 14.3 Å². The molecule has 0 atom stereocenters. The van der Waals surface area contributed by atoms with Crippen LogP contribution in [0.3, 0.4) is 0 Å². The van der Waals surface area contributed by atoms with E-state index in [1.165, 1.54) is 19.2 Å². The molecule has 14 heavy (non-hydrogen) atoms. The molecule has 0 aromatic heterocycles. The van der Waals surface area contributed by atoms with Gasteiger partial charge in [-0.1, -0.05) is 0 Å². The van der Waals surface area contributed by atoms with Gasteiger partial charge < -0.3 is 4.74 Å². The van der Waals surface area contributed by atoms with E-state index in [4.69, 9.17) is 16.3 Å². The van der Waals surface area contributed by atoms with Crippen molar-refractivity contribution in [2.75, 3.05) is 7.11 Å². The summed E-state index contributed by atoms with van der Waals surface area (Å²) in [6.45, 7) is 0. The predicted molar refractivity (Wildman–Crippen MR) is 61.3 cm³/mol. The van der Waals surface area contributed by atoms with Crippen LogP contribution >= 0.6 is 34.2 Å². The van der Waals surface area contributed by atoms with Crippen LogP contribution < -0.4 is 4.74 Å². The number of ether oxygens (including phenoxy) is 1. The first kappa shape index (κ1) is 11.5. The van der Waals surface area contributed by atoms with Gasteiger partial charge in [0, 0.05) is 9.13 Å². The van der Waals surface area contributed by atoms with Crippen molar-refractivity contribution in [2.45, 2.75) is 0 Å². The van der Waals surface area contributed by atoms with Crippen LogP contribution in [0.15, 0.2) is 12.1 Å². The van der Waals surface area contributed by atoms with Crippen molar-refractivity contribution in [3.05, 3.63) is 26.8 Å². The second-order valence-electron chi connectivity index (χ2n) is 2.47. The standard InChI is InChI=1S/C9H6ClIO3/c1-14-8-2-5(4-12)7(11)3-6(8)9(10)13/h2-4H,1H3. The number of hydrogen-bond acceptors (Lipinski definition) is 3. The molecule has 0 unspecified atom stereocenters. The van der Waals surface area contributed by atoms with Gasteiger partial charge in [0.05, 0.1) is 12.7 Å². The maximum atomic E-state index is 11.0. The van der Waals surface area contributed by atoms with E-state index in [1.54, 1.807) is 0 Å². The number of hydrogen-bond donors (Lipinski definition) is 0. The Morgan fingerprint density at radius 1 is 1.57 bits per heavy atom. The number of halogens is 2. The smallest absolute Gasteiger partial charge is 0.256 e. The lowest BCUT2D eigenvalue weighted by Gasteiger charge is -2.06. The fourth-order valence-electron chi connectivity index (χ4n) is 0.982. The van der Waals surface area contributed by atoms with Crippen LogP contribution in [-0.2, 0) is 0 Å². The lowest BCUT2D eigenvalue weighted by atomic mass is 10.1. The first-order chi connectivity index (χ1) is 6.60. The molecule has 0 spiro atoms. The van der Waals surface area contributed by atoms with Crippen LogP contribution in [0.1, 0.15) is 20.7 Å². The molecule has 0 saturated heterocycles. The van der Waals surface area contributed by atoms with Gasteiger partial charge in [-0.05, 0) is 46.3 Å². The summed E-state index contributed by atoms with van der Waals surface area (Å²) >= 11 is 7.30. The third-order valence-electron chi connectivity index (χ3n) is 1.66. The van der Waals surface area contributed by atoms with Gasteiger partial charge in [-0.2, -0.15) is 0 Å². The molecule has 1 rings (SSSR count). The minimum atomic E-state index is -0.600. The highest BCUT2D eigenvalue weighted by atomic mass is 127. The molecule has 74 valence electrons. The molecule has 1 aromatic carbocycles. The summed E-state index contributed by atoms with van der Waals surface area (Å²) < 4.78 is 5.61. The Morgan fingerprint density at radius 2 is 2.21 bits per heavy atom. The Morgan fingerprint density at radius 3 is 2.64 bits per heavy atom. The molecule has 1 aromatic rings. The fraction of sp³-hybridized carbons (Fsp3) is 0.111. The summed E-state index contributed by atoms with van der Waals surface area (Å²) in [5.41, 5.74) is 0.744. The first-order valence-corrected chi connectivity index (χ1v) is 5.08. The van der Waals surface area contributed by atoms with Crippen molar-refractivity contribution in [1.82, 2.24) is 0 Å². The van der Waals surface area contributed by atoms with Crippen LogP contribution in [-0.4, -0.2) is 18.6 Å². The van der Waals surface area contributed by atoms with Gasteiger partial charge in [0.25, 0.3) is 5.24 Å². The monoisotopic (exact) mass is 324 g/mol. The molecule has 0 N–H and O–H groups in total. The summed E-state index contributed by atoms with van der Waals surface area (Å²) in [5, 5.41) is -0.600. The molecule has 0 aliphatic heterocycles. The topological polar surface area (TPSA) is 43.4 Å². The van der Waals surface area contributed by atoms with E-state index in [9.17, 15) is 9.59 Å². The molecule has 0 radical (unpaired) electrons. The van der Waals surface area contributed by atoms with E-state index in [0.29, 0.717) is 21.2 Å². The zero-order valence-corrected chi connectivity index (χ0v) is 10.1. The number of aldehydes is 1. The summed E-state index contributed by atoms with van der Waals surface area (Å²) in [5.74, 6) is 0.313. The summed E-state index contributed by atoms with van der Waals surface area (Å²) in [6.07, 6.45) is 0.701. The largest absolute Gasteiger partial charge is 0.496 e. The van der Waals surface area contributed by atoms with Gasteiger partial charge in [-0.3, -0.25) is 9.59 Å². The fourth-order valence-corrected chi connectivity index (χ4v) is 1.72. The maximum Gasteiger partial charge on any atom is 0.256 e. The quantitative estimate of drug-likeness (QED) is 0.487. The Kier molecular flexibility index (Phi) is 3.88. The first-order valence-electron chi connectivity index (χ1n) is 3.62. The predicted octanol–water partition coefficient (Wildman–Crippen LogP) is 2.49. The van der Waals surface area contributed by atoms with E-state index in [-0.39, 0.29) is 5.56 Å². The molecule has 5 heteroatoms. The molecule has 0 aliphatic carbocycles. The van der Waals surface area contributed by atoms with Crippen molar-refractivity contribution in [1.29, 1.82) is 0 Å². The molecule has 0 bridgehead atoms. The zero-order valence-electron chi connectivity index (χ0n) is 7.21. The van der Waals surface area contributed by atoms with Crippen molar-refractivity contribution >= 4 is 45.7 Å². The van der Waals surface area contributed by atoms with Crippen molar-refractivity contribution in [3.63, 3.8) is 0 Å². The van der Waals surface area contributed by atoms with Crippen LogP contribution in [0.4, 0.5) is 0 Å². The zero-order chi connectivity index (χ0) is 10.7. The van der Waals surface area contributed by atoms with Crippen LogP contribution in [0, 0.1) is 3.57 Å². The number of benzene rings is 1. The van der Waals surface area contributed by atoms with Gasteiger partial charge in [0.15, 0.2) is 6.29 Å². The van der Waals surface area contributed by atoms with E-state index in [2.05, 4.69) is 0 Å². The van der Waals surface area contributed by atoms with E-state index < -0.39 is 5.24 Å². The van der Waals surface area contributed by atoms with Crippen LogP contribution in [0.25, 0.3) is 0 Å². The lowest BCUT2D eigenvalue weighted by molar-refractivity contribution is 0.107. The summed E-state index contributed by atoms with van der Waals surface area (Å²) in [7, 11) is 1.42. The van der Waals surface area contributed by atoms with E-state index >= 15 is 0 Å². The van der Waals surface area contributed by atoms with Crippen molar-refractivity contribution in [2.24, 2.45) is 0 Å². The molecule has 0 heterocycles. The summed E-state index contributed by atoms with van der Waals surface area (Å²) in [4.78, 5) is 21.6. The highest BCUT2D eigenvalue weighted by Gasteiger charge is 2.13. The average molecular weight is 325 g/mol. The normalized spacial score (nSPS) is 9.64. The SMILES string of the molecule is COc1cc(C=O)c(I)cc1C(=O)Cl. The molecular formula is C9H6ClIO3. The number of rotatable bonds is 3. The lowest BCUT2D eigenvalue weighted by Crippen LogP contribution is -1.99. The average Bonchev–Trinajstić information content (AvgIpc) is 2.17. The Bertz CT molecular complexity index is 390. The molecule has 0 saturated carbocycles. The summed E-state index contributed by atoms with van der Waals surface area (Å²) in [6, 6.07) is 3.02. The van der Waals surface area contributed by atoms with E-state index in [0.717, 1.165) is 0 Å². The van der Waals surface area contributed by atoms with Gasteiger partial charge in [-0.15, -0.1) is 0 Å². The Balaban J connectivity index is 3.38. The molecule has 0 fully saturated rings. The van der Waals surface area contributed by atoms with Gasteiger partial charge >= 0.3 is 0 Å². The number of methoxy groups -OCH3 is 1. The van der Waals surface area contributed by atoms with E-state index in [1.807, 2.05) is 22.6 Å². The molecule has 0 aliphatic rings. The highest BCUT2D eigenvalue weighted by molar-refractivity contribution is 14.1. The number of carbonyl (C=O) groups is 2. The van der Waals surface area contributed by atoms with Crippen LogP contribution in [0.2, 0.25) is 0 Å². The minimum absolute atomic E-state index is 0.268. The third kappa shape index (κ3) is 2.24. The molecule has 3 nitrogen and oxygen atoms in total. The Labute approximate surface area is 99.5 Å². The minimum Gasteiger partial charge on any atom is -0.496 e. The van der Waals surface area contributed by atoms with Gasteiger partial charge in [0.2, 0.25) is 0 Å². The highest BCUT2D eigenvalue weighted by Crippen LogP contribution is 2.25. The maximum absolute atomic E-state index is 11.0. The second kappa shape index (κ2) is 4.75. The van der Waals surface area contributed by atoms with Crippen LogP contribution in [0.5, 0.6) is 5.75 Å². The second-order valence-corrected chi connectivity index (χ2v) is 3.97. The van der Waals surface area contributed by atoms with Crippen molar-refractivity contribution in [3.8, 4) is 5.75 Å². The Hall–Kier alpha value is -0.620. The van der Waals surface area contributed by atoms with Gasteiger partial charge in [-0.25, -0.2) is 0 Å². The van der Waals surface area contributed by atoms with Gasteiger partial charge in [0.1, 0.15) is 5.75 Å². The molecular weight excluding hydrogens is 318 g/mol. The third-order valence-corrected chi connectivity index (χ3v) is 2.80. The number of carbonyl (C=O) groups excluding carboxylic acids is 2.